The van der Waals surface area contributed by atoms with Crippen LogP contribution < -0.4 is 5.32 Å². The summed E-state index contributed by atoms with van der Waals surface area (Å²) in [6.45, 7) is 7.08. The molecule has 0 bridgehead atoms. The highest BCUT2D eigenvalue weighted by Gasteiger charge is 2.22. The van der Waals surface area contributed by atoms with Gasteiger partial charge in [0.25, 0.3) is 0 Å². The van der Waals surface area contributed by atoms with Crippen LogP contribution in [0.4, 0.5) is 8.78 Å². The monoisotopic (exact) mass is 238 g/mol. The fourth-order valence-corrected chi connectivity index (χ4v) is 2.17. The summed E-state index contributed by atoms with van der Waals surface area (Å²) in [4.78, 5) is 2.10. The van der Waals surface area contributed by atoms with Crippen molar-refractivity contribution in [1.29, 1.82) is 0 Å². The number of hydrogen-bond acceptors (Lipinski definition) is 2. The van der Waals surface area contributed by atoms with Gasteiger partial charge in [-0.1, -0.05) is 6.08 Å². The van der Waals surface area contributed by atoms with Crippen LogP contribution in [-0.2, 0) is 0 Å². The average molecular weight is 238 g/mol. The molecular weight excluding hydrogens is 222 g/mol. The molecule has 17 heavy (non-hydrogen) atoms. The third kappa shape index (κ3) is 2.70. The quantitative estimate of drug-likeness (QED) is 0.811. The van der Waals surface area contributed by atoms with Crippen LogP contribution in [0, 0.1) is 11.6 Å². The average Bonchev–Trinajstić information content (AvgIpc) is 2.36. The first-order valence-corrected chi connectivity index (χ1v) is 5.74. The van der Waals surface area contributed by atoms with E-state index in [1.807, 2.05) is 0 Å². The number of benzene rings is 1. The maximum absolute atomic E-state index is 13.7. The van der Waals surface area contributed by atoms with Crippen LogP contribution in [0.2, 0.25) is 0 Å². The first-order valence-electron chi connectivity index (χ1n) is 5.74. The summed E-state index contributed by atoms with van der Waals surface area (Å²) in [5.74, 6) is -0.793. The lowest BCUT2D eigenvalue weighted by molar-refractivity contribution is 0.200. The molecule has 1 fully saturated rings. The molecule has 0 radical (unpaired) electrons. The van der Waals surface area contributed by atoms with Crippen LogP contribution in [0.15, 0.2) is 30.9 Å². The fourth-order valence-electron chi connectivity index (χ4n) is 2.17. The highest BCUT2D eigenvalue weighted by molar-refractivity contribution is 5.25. The number of rotatable bonds is 3. The summed E-state index contributed by atoms with van der Waals surface area (Å²) in [6, 6.07) is 3.30. The highest BCUT2D eigenvalue weighted by Crippen LogP contribution is 2.25. The summed E-state index contributed by atoms with van der Waals surface area (Å²) >= 11 is 0. The van der Waals surface area contributed by atoms with Gasteiger partial charge in [-0.2, -0.15) is 0 Å². The molecule has 0 amide bonds. The van der Waals surface area contributed by atoms with Gasteiger partial charge < -0.3 is 5.32 Å². The molecule has 0 saturated carbocycles. The van der Waals surface area contributed by atoms with Crippen molar-refractivity contribution in [3.63, 3.8) is 0 Å². The third-order valence-electron chi connectivity index (χ3n) is 3.04. The van der Waals surface area contributed by atoms with E-state index in [4.69, 9.17) is 0 Å². The molecule has 1 aromatic rings. The minimum atomic E-state index is -0.414. The molecule has 1 heterocycles. The van der Waals surface area contributed by atoms with E-state index < -0.39 is 5.82 Å². The SMILES string of the molecule is C=C[C@@H](c1cc(F)ccc1F)N1CCNCC1. The lowest BCUT2D eigenvalue weighted by Gasteiger charge is -2.33. The van der Waals surface area contributed by atoms with Crippen LogP contribution >= 0.6 is 0 Å². The number of halogens is 2. The Labute approximate surface area is 99.9 Å². The van der Waals surface area contributed by atoms with Gasteiger partial charge in [-0.3, -0.25) is 4.90 Å². The predicted octanol–water partition coefficient (Wildman–Crippen LogP) is 2.10. The third-order valence-corrected chi connectivity index (χ3v) is 3.04. The fraction of sp³-hybridized carbons (Fsp3) is 0.385. The molecule has 0 unspecified atom stereocenters. The van der Waals surface area contributed by atoms with Crippen LogP contribution in [0.3, 0.4) is 0 Å². The maximum Gasteiger partial charge on any atom is 0.128 e. The first-order chi connectivity index (χ1) is 8.22. The Hall–Kier alpha value is -1.26. The summed E-state index contributed by atoms with van der Waals surface area (Å²) in [6.07, 6.45) is 1.67. The van der Waals surface area contributed by atoms with Crippen molar-refractivity contribution in [3.05, 3.63) is 48.1 Å². The van der Waals surface area contributed by atoms with Crippen LogP contribution in [0.25, 0.3) is 0 Å². The molecule has 1 saturated heterocycles. The molecule has 2 rings (SSSR count). The molecule has 2 nitrogen and oxygen atoms in total. The summed E-state index contributed by atoms with van der Waals surface area (Å²) < 4.78 is 26.9. The molecule has 0 aliphatic carbocycles. The number of nitrogens with zero attached hydrogens (tertiary/aromatic N) is 1. The standard InChI is InChI=1S/C13H16F2N2/c1-2-13(17-7-5-16-6-8-17)11-9-10(14)3-4-12(11)15/h2-4,9,13,16H,1,5-8H2/t13-/m0/s1. The Bertz CT molecular complexity index is 400. The molecule has 1 N–H and O–H groups in total. The van der Waals surface area contributed by atoms with E-state index >= 15 is 0 Å². The number of hydrogen-bond donors (Lipinski definition) is 1. The molecule has 0 spiro atoms. The second kappa shape index (κ2) is 5.38. The molecule has 0 aromatic heterocycles. The predicted molar refractivity (Wildman–Crippen MR) is 63.7 cm³/mol. The summed E-state index contributed by atoms with van der Waals surface area (Å²) in [7, 11) is 0. The largest absolute Gasteiger partial charge is 0.314 e. The van der Waals surface area contributed by atoms with Gasteiger partial charge in [0.05, 0.1) is 6.04 Å². The van der Waals surface area contributed by atoms with Crippen molar-refractivity contribution >= 4 is 0 Å². The topological polar surface area (TPSA) is 15.3 Å². The van der Waals surface area contributed by atoms with E-state index in [9.17, 15) is 8.78 Å². The van der Waals surface area contributed by atoms with Gasteiger partial charge in [0.1, 0.15) is 11.6 Å². The van der Waals surface area contributed by atoms with Crippen molar-refractivity contribution in [2.45, 2.75) is 6.04 Å². The van der Waals surface area contributed by atoms with Gasteiger partial charge in [-0.05, 0) is 18.2 Å². The first kappa shape index (κ1) is 12.2. The molecule has 1 aliphatic rings. The molecular formula is C13H16F2N2. The van der Waals surface area contributed by atoms with E-state index in [-0.39, 0.29) is 11.9 Å². The summed E-state index contributed by atoms with van der Waals surface area (Å²) in [5.41, 5.74) is 0.363. The Morgan fingerprint density at radius 3 is 2.65 bits per heavy atom. The summed E-state index contributed by atoms with van der Waals surface area (Å²) in [5, 5.41) is 3.23. The molecule has 1 aliphatic heterocycles. The zero-order valence-corrected chi connectivity index (χ0v) is 9.63. The van der Waals surface area contributed by atoms with Crippen molar-refractivity contribution in [2.24, 2.45) is 0 Å². The second-order valence-electron chi connectivity index (χ2n) is 4.13. The number of piperazine rings is 1. The second-order valence-corrected chi connectivity index (χ2v) is 4.13. The van der Waals surface area contributed by atoms with E-state index in [1.54, 1.807) is 6.08 Å². The van der Waals surface area contributed by atoms with Crippen LogP contribution in [0.5, 0.6) is 0 Å². The Morgan fingerprint density at radius 2 is 2.00 bits per heavy atom. The maximum atomic E-state index is 13.7. The lowest BCUT2D eigenvalue weighted by Crippen LogP contribution is -2.44. The Kier molecular flexibility index (Phi) is 3.86. The molecule has 92 valence electrons. The van der Waals surface area contributed by atoms with Gasteiger partial charge in [-0.15, -0.1) is 6.58 Å². The Balaban J connectivity index is 2.27. The lowest BCUT2D eigenvalue weighted by atomic mass is 10.0. The van der Waals surface area contributed by atoms with E-state index in [0.717, 1.165) is 32.2 Å². The van der Waals surface area contributed by atoms with E-state index in [0.29, 0.717) is 5.56 Å². The normalized spacial score (nSPS) is 18.9. The Morgan fingerprint density at radius 1 is 1.29 bits per heavy atom. The molecule has 1 atom stereocenters. The van der Waals surface area contributed by atoms with Crippen molar-refractivity contribution in [2.75, 3.05) is 26.2 Å². The van der Waals surface area contributed by atoms with Gasteiger partial charge in [0, 0.05) is 31.7 Å². The number of nitrogens with one attached hydrogen (secondary N) is 1. The van der Waals surface area contributed by atoms with Crippen LogP contribution in [-0.4, -0.2) is 31.1 Å². The van der Waals surface area contributed by atoms with Crippen molar-refractivity contribution in [1.82, 2.24) is 10.2 Å². The van der Waals surface area contributed by atoms with Crippen molar-refractivity contribution < 1.29 is 8.78 Å². The van der Waals surface area contributed by atoms with Gasteiger partial charge in [0.2, 0.25) is 0 Å². The minimum absolute atomic E-state index is 0.257. The molecule has 1 aromatic carbocycles. The smallest absolute Gasteiger partial charge is 0.128 e. The molecule has 4 heteroatoms. The van der Waals surface area contributed by atoms with Gasteiger partial charge >= 0.3 is 0 Å². The van der Waals surface area contributed by atoms with Crippen LogP contribution in [0.1, 0.15) is 11.6 Å². The van der Waals surface area contributed by atoms with Gasteiger partial charge in [0.15, 0.2) is 0 Å². The minimum Gasteiger partial charge on any atom is -0.314 e. The zero-order chi connectivity index (χ0) is 12.3. The highest BCUT2D eigenvalue weighted by atomic mass is 19.1. The van der Waals surface area contributed by atoms with Crippen molar-refractivity contribution in [3.8, 4) is 0 Å². The van der Waals surface area contributed by atoms with E-state index in [2.05, 4.69) is 16.8 Å². The zero-order valence-electron chi connectivity index (χ0n) is 9.63. The van der Waals surface area contributed by atoms with Gasteiger partial charge in [-0.25, -0.2) is 8.78 Å². The van der Waals surface area contributed by atoms with E-state index in [1.165, 1.54) is 12.1 Å².